The second kappa shape index (κ2) is 7.97. The maximum atomic E-state index is 13.5. The van der Waals surface area contributed by atoms with Crippen molar-refractivity contribution in [2.75, 3.05) is 39.9 Å². The Hall–Kier alpha value is -1.70. The number of nitrogens with zero attached hydrogens (tertiary/aromatic N) is 4. The molecule has 0 unspecified atom stereocenters. The summed E-state index contributed by atoms with van der Waals surface area (Å²) in [4.78, 5) is 22.7. The molecule has 0 N–H and O–H groups in total. The van der Waals surface area contributed by atoms with E-state index < -0.39 is 0 Å². The Bertz CT molecular complexity index is 803. The van der Waals surface area contributed by atoms with Gasteiger partial charge in [0.2, 0.25) is 5.91 Å². The van der Waals surface area contributed by atoms with Crippen molar-refractivity contribution < 1.29 is 9.53 Å². The topological polar surface area (TPSA) is 50.6 Å². The van der Waals surface area contributed by atoms with Crippen molar-refractivity contribution in [1.29, 1.82) is 0 Å². The zero-order chi connectivity index (χ0) is 19.7. The third kappa shape index (κ3) is 3.51. The number of amides is 1. The first-order valence-corrected chi connectivity index (χ1v) is 11.0. The molecule has 2 fully saturated rings. The van der Waals surface area contributed by atoms with Crippen LogP contribution in [0.15, 0.2) is 29.4 Å². The monoisotopic (exact) mass is 402 g/mol. The lowest BCUT2D eigenvalue weighted by Gasteiger charge is -2.28. The number of carbonyl (C=O) groups excluding carboxylic acids is 1. The van der Waals surface area contributed by atoms with Gasteiger partial charge in [-0.15, -0.1) is 0 Å². The van der Waals surface area contributed by atoms with Crippen LogP contribution in [0, 0.1) is 5.41 Å². The molecule has 0 bridgehead atoms. The number of ether oxygens (including phenoxy) is 1. The van der Waals surface area contributed by atoms with E-state index in [9.17, 15) is 4.79 Å². The third-order valence-corrected chi connectivity index (χ3v) is 7.01. The Morgan fingerprint density at radius 2 is 2.29 bits per heavy atom. The molecule has 2 aromatic heterocycles. The first-order valence-electron chi connectivity index (χ1n) is 10.1. The summed E-state index contributed by atoms with van der Waals surface area (Å²) in [5.74, 6) is 0.424. The lowest BCUT2D eigenvalue weighted by molar-refractivity contribution is -0.136. The SMILES string of the molecule is COCCN1CC[C@@]2(CN(Cc3ccsc3)C[C@@H]2c2cn(C(C)C)cn2)C1=O. The molecule has 2 aliphatic heterocycles. The molecule has 4 heterocycles. The fraction of sp³-hybridized carbons (Fsp3) is 0.619. The molecular formula is C21H30N4O2S. The van der Waals surface area contributed by atoms with E-state index in [0.29, 0.717) is 19.2 Å². The number of imidazole rings is 1. The van der Waals surface area contributed by atoms with Crippen LogP contribution in [0.3, 0.4) is 0 Å². The van der Waals surface area contributed by atoms with Crippen LogP contribution in [-0.4, -0.2) is 65.2 Å². The van der Waals surface area contributed by atoms with E-state index in [1.807, 2.05) is 11.2 Å². The van der Waals surface area contributed by atoms with Crippen molar-refractivity contribution in [3.8, 4) is 0 Å². The van der Waals surface area contributed by atoms with Crippen LogP contribution in [0.2, 0.25) is 0 Å². The number of aromatic nitrogens is 2. The molecule has 1 amide bonds. The predicted molar refractivity (Wildman–Crippen MR) is 110 cm³/mol. The van der Waals surface area contributed by atoms with Crippen LogP contribution in [-0.2, 0) is 16.1 Å². The van der Waals surface area contributed by atoms with Gasteiger partial charge in [-0.3, -0.25) is 9.69 Å². The summed E-state index contributed by atoms with van der Waals surface area (Å²) >= 11 is 1.73. The van der Waals surface area contributed by atoms with Crippen LogP contribution in [0.1, 0.15) is 43.5 Å². The fourth-order valence-corrected chi connectivity index (χ4v) is 5.36. The van der Waals surface area contributed by atoms with E-state index in [1.54, 1.807) is 18.4 Å². The highest BCUT2D eigenvalue weighted by Crippen LogP contribution is 2.49. The molecule has 0 aliphatic carbocycles. The van der Waals surface area contributed by atoms with Crippen molar-refractivity contribution in [1.82, 2.24) is 19.4 Å². The van der Waals surface area contributed by atoms with Gasteiger partial charge >= 0.3 is 0 Å². The zero-order valence-corrected chi connectivity index (χ0v) is 17.8. The molecule has 4 rings (SSSR count). The number of thiophene rings is 1. The fourth-order valence-electron chi connectivity index (χ4n) is 4.70. The molecule has 1 spiro atoms. The molecule has 0 aromatic carbocycles. The van der Waals surface area contributed by atoms with Crippen LogP contribution < -0.4 is 0 Å². The van der Waals surface area contributed by atoms with Crippen LogP contribution in [0.5, 0.6) is 0 Å². The number of hydrogen-bond donors (Lipinski definition) is 0. The highest BCUT2D eigenvalue weighted by molar-refractivity contribution is 7.07. The Morgan fingerprint density at radius 3 is 2.96 bits per heavy atom. The minimum Gasteiger partial charge on any atom is -0.383 e. The average molecular weight is 403 g/mol. The van der Waals surface area contributed by atoms with Crippen LogP contribution >= 0.6 is 11.3 Å². The van der Waals surface area contributed by atoms with Crippen molar-refractivity contribution in [3.63, 3.8) is 0 Å². The van der Waals surface area contributed by atoms with Gasteiger partial charge in [-0.25, -0.2) is 4.98 Å². The van der Waals surface area contributed by atoms with Gasteiger partial charge in [0.1, 0.15) is 0 Å². The summed E-state index contributed by atoms with van der Waals surface area (Å²) < 4.78 is 7.36. The molecule has 152 valence electrons. The second-order valence-electron chi connectivity index (χ2n) is 8.38. The third-order valence-electron chi connectivity index (χ3n) is 6.28. The first-order chi connectivity index (χ1) is 13.5. The van der Waals surface area contributed by atoms with E-state index in [1.165, 1.54) is 5.56 Å². The predicted octanol–water partition coefficient (Wildman–Crippen LogP) is 2.99. The standard InChI is InChI=1S/C21H30N4O2S/c1-16(2)25-12-19(22-15-25)18-11-23(10-17-4-9-28-13-17)14-21(18)5-6-24(20(21)26)7-8-27-3/h4,9,12-13,15-16,18H,5-8,10-11,14H2,1-3H3/t18-,21+/m1/s1. The smallest absolute Gasteiger partial charge is 0.230 e. The van der Waals surface area contributed by atoms with Gasteiger partial charge in [-0.05, 0) is 42.7 Å². The Morgan fingerprint density at radius 1 is 1.43 bits per heavy atom. The summed E-state index contributed by atoms with van der Waals surface area (Å²) in [5.41, 5.74) is 2.03. The maximum Gasteiger partial charge on any atom is 0.230 e. The largest absolute Gasteiger partial charge is 0.383 e. The summed E-state index contributed by atoms with van der Waals surface area (Å²) in [5, 5.41) is 4.32. The number of carbonyl (C=O) groups is 1. The van der Waals surface area contributed by atoms with Crippen molar-refractivity contribution in [2.45, 2.75) is 38.8 Å². The lowest BCUT2D eigenvalue weighted by atomic mass is 9.75. The van der Waals surface area contributed by atoms with Gasteiger partial charge in [0.05, 0.1) is 24.0 Å². The molecule has 2 atom stereocenters. The highest BCUT2D eigenvalue weighted by atomic mass is 32.1. The molecule has 2 aliphatic rings. The summed E-state index contributed by atoms with van der Waals surface area (Å²) in [6.45, 7) is 8.99. The number of methoxy groups -OCH3 is 1. The molecule has 2 aromatic rings. The summed E-state index contributed by atoms with van der Waals surface area (Å²) in [7, 11) is 1.69. The van der Waals surface area contributed by atoms with Crippen LogP contribution in [0.25, 0.3) is 0 Å². The highest BCUT2D eigenvalue weighted by Gasteiger charge is 2.57. The maximum absolute atomic E-state index is 13.5. The van der Waals surface area contributed by atoms with Crippen molar-refractivity contribution >= 4 is 17.2 Å². The number of rotatable bonds is 7. The molecule has 6 nitrogen and oxygen atoms in total. The summed E-state index contributed by atoms with van der Waals surface area (Å²) in [6.07, 6.45) is 4.96. The average Bonchev–Trinajstić information content (AvgIpc) is 3.44. The lowest BCUT2D eigenvalue weighted by Crippen LogP contribution is -2.40. The Kier molecular flexibility index (Phi) is 5.58. The van der Waals surface area contributed by atoms with E-state index in [0.717, 1.165) is 38.3 Å². The zero-order valence-electron chi connectivity index (χ0n) is 17.0. The molecule has 2 saturated heterocycles. The van der Waals surface area contributed by atoms with E-state index in [-0.39, 0.29) is 17.2 Å². The molecule has 28 heavy (non-hydrogen) atoms. The molecular weight excluding hydrogens is 372 g/mol. The molecule has 0 saturated carbocycles. The van der Waals surface area contributed by atoms with Gasteiger partial charge in [0.15, 0.2) is 0 Å². The summed E-state index contributed by atoms with van der Waals surface area (Å²) in [6, 6.07) is 2.55. The van der Waals surface area contributed by atoms with Crippen molar-refractivity contribution in [2.24, 2.45) is 5.41 Å². The second-order valence-corrected chi connectivity index (χ2v) is 9.16. The van der Waals surface area contributed by atoms with Crippen LogP contribution in [0.4, 0.5) is 0 Å². The quantitative estimate of drug-likeness (QED) is 0.714. The van der Waals surface area contributed by atoms with Gasteiger partial charge < -0.3 is 14.2 Å². The molecule has 0 radical (unpaired) electrons. The number of hydrogen-bond acceptors (Lipinski definition) is 5. The minimum atomic E-state index is -0.361. The Balaban J connectivity index is 1.61. The van der Waals surface area contributed by atoms with Crippen molar-refractivity contribution in [3.05, 3.63) is 40.6 Å². The van der Waals surface area contributed by atoms with E-state index in [2.05, 4.69) is 46.3 Å². The van der Waals surface area contributed by atoms with Gasteiger partial charge in [-0.1, -0.05) is 0 Å². The van der Waals surface area contributed by atoms with Gasteiger partial charge in [-0.2, -0.15) is 11.3 Å². The molecule has 7 heteroatoms. The number of likely N-dealkylation sites (tertiary alicyclic amines) is 2. The van der Waals surface area contributed by atoms with E-state index >= 15 is 0 Å². The normalized spacial score (nSPS) is 25.6. The Labute approximate surface area is 171 Å². The first kappa shape index (κ1) is 19.6. The van der Waals surface area contributed by atoms with E-state index in [4.69, 9.17) is 9.72 Å². The van der Waals surface area contributed by atoms with Gasteiger partial charge in [0, 0.05) is 58.0 Å². The van der Waals surface area contributed by atoms with Gasteiger partial charge in [0.25, 0.3) is 0 Å². The minimum absolute atomic E-state index is 0.145.